The molecular formula is C15H20N4O2. The molecule has 2 aromatic rings. The Morgan fingerprint density at radius 3 is 2.81 bits per heavy atom. The number of ether oxygens (including phenoxy) is 1. The Morgan fingerprint density at radius 1 is 1.43 bits per heavy atom. The van der Waals surface area contributed by atoms with Crippen molar-refractivity contribution in [1.82, 2.24) is 9.78 Å². The lowest BCUT2D eigenvalue weighted by Crippen LogP contribution is -2.15. The van der Waals surface area contributed by atoms with E-state index in [4.69, 9.17) is 10.5 Å². The Labute approximate surface area is 123 Å². The van der Waals surface area contributed by atoms with E-state index >= 15 is 0 Å². The first-order valence-electron chi connectivity index (χ1n) is 6.92. The summed E-state index contributed by atoms with van der Waals surface area (Å²) in [5, 5.41) is 6.95. The number of carbonyl (C=O) groups excluding carboxylic acids is 1. The second-order valence-corrected chi connectivity index (χ2v) is 4.68. The topological polar surface area (TPSA) is 82.2 Å². The number of hydrogen-bond donors (Lipinski definition) is 2. The van der Waals surface area contributed by atoms with Gasteiger partial charge in [-0.3, -0.25) is 9.48 Å². The van der Waals surface area contributed by atoms with Gasteiger partial charge in [-0.15, -0.1) is 0 Å². The predicted molar refractivity (Wildman–Crippen MR) is 82.6 cm³/mol. The molecule has 6 heteroatoms. The molecule has 0 unspecified atom stereocenters. The summed E-state index contributed by atoms with van der Waals surface area (Å²) in [4.78, 5) is 12.3. The fourth-order valence-electron chi connectivity index (χ4n) is 1.96. The summed E-state index contributed by atoms with van der Waals surface area (Å²) in [7, 11) is 0. The average Bonchev–Trinajstić information content (AvgIpc) is 2.83. The number of amides is 1. The molecule has 112 valence electrons. The van der Waals surface area contributed by atoms with Crippen molar-refractivity contribution in [3.05, 3.63) is 35.7 Å². The van der Waals surface area contributed by atoms with Crippen LogP contribution >= 0.6 is 0 Å². The van der Waals surface area contributed by atoms with E-state index < -0.39 is 0 Å². The van der Waals surface area contributed by atoms with Crippen molar-refractivity contribution >= 4 is 17.3 Å². The van der Waals surface area contributed by atoms with Gasteiger partial charge in [-0.05, 0) is 38.5 Å². The molecule has 0 radical (unpaired) electrons. The largest absolute Gasteiger partial charge is 0.492 e. The Morgan fingerprint density at radius 2 is 2.19 bits per heavy atom. The molecule has 0 aliphatic heterocycles. The van der Waals surface area contributed by atoms with Crippen LogP contribution in [0.2, 0.25) is 0 Å². The van der Waals surface area contributed by atoms with Crippen molar-refractivity contribution in [2.24, 2.45) is 0 Å². The van der Waals surface area contributed by atoms with Crippen LogP contribution in [0, 0.1) is 6.92 Å². The third-order valence-electron chi connectivity index (χ3n) is 3.01. The van der Waals surface area contributed by atoms with Gasteiger partial charge in [0.15, 0.2) is 5.69 Å². The van der Waals surface area contributed by atoms with Gasteiger partial charge >= 0.3 is 0 Å². The van der Waals surface area contributed by atoms with E-state index in [9.17, 15) is 4.79 Å². The number of nitrogens with one attached hydrogen (secondary N) is 1. The average molecular weight is 288 g/mol. The number of hydrogen-bond acceptors (Lipinski definition) is 4. The van der Waals surface area contributed by atoms with Crippen LogP contribution in [0.25, 0.3) is 0 Å². The Balaban J connectivity index is 2.24. The fraction of sp³-hybridized carbons (Fsp3) is 0.333. The number of nitrogen functional groups attached to an aromatic ring is 1. The summed E-state index contributed by atoms with van der Waals surface area (Å²) < 4.78 is 7.17. The number of aromatic nitrogens is 2. The zero-order valence-electron chi connectivity index (χ0n) is 12.5. The summed E-state index contributed by atoms with van der Waals surface area (Å²) in [5.74, 6) is 0.295. The number of benzene rings is 1. The number of anilines is 2. The van der Waals surface area contributed by atoms with E-state index in [-0.39, 0.29) is 11.6 Å². The molecule has 0 spiro atoms. The van der Waals surface area contributed by atoms with Gasteiger partial charge in [0.2, 0.25) is 0 Å². The summed E-state index contributed by atoms with van der Waals surface area (Å²) in [6, 6.07) is 5.60. The van der Waals surface area contributed by atoms with Crippen LogP contribution in [0.15, 0.2) is 24.4 Å². The zero-order valence-corrected chi connectivity index (χ0v) is 12.5. The number of aryl methyl sites for hydroxylation is 2. The molecule has 1 aromatic heterocycles. The third kappa shape index (κ3) is 3.34. The van der Waals surface area contributed by atoms with Crippen LogP contribution in [0.5, 0.6) is 5.75 Å². The van der Waals surface area contributed by atoms with Gasteiger partial charge in [0.1, 0.15) is 5.75 Å². The first kappa shape index (κ1) is 14.9. The highest BCUT2D eigenvalue weighted by atomic mass is 16.5. The van der Waals surface area contributed by atoms with Gasteiger partial charge in [0, 0.05) is 12.7 Å². The van der Waals surface area contributed by atoms with Crippen molar-refractivity contribution < 1.29 is 9.53 Å². The van der Waals surface area contributed by atoms with E-state index in [0.717, 1.165) is 5.56 Å². The van der Waals surface area contributed by atoms with Crippen molar-refractivity contribution in [1.29, 1.82) is 0 Å². The minimum Gasteiger partial charge on any atom is -0.492 e. The Bertz CT molecular complexity index is 649. The molecule has 0 aliphatic rings. The van der Waals surface area contributed by atoms with Gasteiger partial charge in [0.05, 0.1) is 18.0 Å². The van der Waals surface area contributed by atoms with Crippen LogP contribution in [-0.4, -0.2) is 22.3 Å². The van der Waals surface area contributed by atoms with Gasteiger partial charge in [0.25, 0.3) is 5.91 Å². The number of rotatable bonds is 5. The molecule has 0 saturated heterocycles. The maximum Gasteiger partial charge on any atom is 0.278 e. The Kier molecular flexibility index (Phi) is 4.47. The lowest BCUT2D eigenvalue weighted by molar-refractivity contribution is 0.102. The molecule has 3 N–H and O–H groups in total. The highest BCUT2D eigenvalue weighted by Crippen LogP contribution is 2.26. The van der Waals surface area contributed by atoms with Gasteiger partial charge < -0.3 is 15.8 Å². The van der Waals surface area contributed by atoms with Crippen molar-refractivity contribution in [2.45, 2.75) is 27.3 Å². The summed E-state index contributed by atoms with van der Waals surface area (Å²) in [5.41, 5.74) is 8.07. The second-order valence-electron chi connectivity index (χ2n) is 4.68. The maximum absolute atomic E-state index is 12.3. The van der Waals surface area contributed by atoms with Crippen LogP contribution in [-0.2, 0) is 6.54 Å². The molecule has 21 heavy (non-hydrogen) atoms. The van der Waals surface area contributed by atoms with E-state index in [1.807, 2.05) is 39.0 Å². The van der Waals surface area contributed by atoms with E-state index in [1.165, 1.54) is 0 Å². The van der Waals surface area contributed by atoms with Crippen molar-refractivity contribution in [3.63, 3.8) is 0 Å². The molecule has 2 rings (SSSR count). The Hall–Kier alpha value is -2.50. The lowest BCUT2D eigenvalue weighted by Gasteiger charge is -2.11. The first-order valence-corrected chi connectivity index (χ1v) is 6.92. The van der Waals surface area contributed by atoms with Crippen molar-refractivity contribution in [2.75, 3.05) is 17.7 Å². The fourth-order valence-corrected chi connectivity index (χ4v) is 1.96. The molecule has 0 fully saturated rings. The molecule has 0 atom stereocenters. The summed E-state index contributed by atoms with van der Waals surface area (Å²) in [6.45, 7) is 6.98. The molecule has 0 aliphatic carbocycles. The normalized spacial score (nSPS) is 10.4. The molecule has 6 nitrogen and oxygen atoms in total. The zero-order chi connectivity index (χ0) is 15.4. The second kappa shape index (κ2) is 6.30. The number of carbonyl (C=O) groups is 1. The SMILES string of the molecule is CCOc1cc(C)ccc1NC(=O)c1nn(CC)cc1N. The maximum atomic E-state index is 12.3. The van der Waals surface area contributed by atoms with Crippen LogP contribution < -0.4 is 15.8 Å². The minimum absolute atomic E-state index is 0.222. The first-order chi connectivity index (χ1) is 10.0. The molecule has 0 saturated carbocycles. The van der Waals surface area contributed by atoms with Gasteiger partial charge in [-0.1, -0.05) is 6.07 Å². The van der Waals surface area contributed by atoms with Gasteiger partial charge in [-0.25, -0.2) is 0 Å². The van der Waals surface area contributed by atoms with Crippen molar-refractivity contribution in [3.8, 4) is 5.75 Å². The minimum atomic E-state index is -0.343. The molecule has 1 heterocycles. The highest BCUT2D eigenvalue weighted by Gasteiger charge is 2.16. The van der Waals surface area contributed by atoms with E-state index in [1.54, 1.807) is 10.9 Å². The quantitative estimate of drug-likeness (QED) is 0.885. The predicted octanol–water partition coefficient (Wildman–Crippen LogP) is 2.44. The highest BCUT2D eigenvalue weighted by molar-refractivity contribution is 6.06. The molecule has 0 bridgehead atoms. The smallest absolute Gasteiger partial charge is 0.278 e. The number of nitrogens with zero attached hydrogens (tertiary/aromatic N) is 2. The van der Waals surface area contributed by atoms with E-state index in [2.05, 4.69) is 10.4 Å². The molecule has 1 amide bonds. The summed E-state index contributed by atoms with van der Waals surface area (Å²) >= 11 is 0. The van der Waals surface area contributed by atoms with Crippen LogP contribution in [0.1, 0.15) is 29.9 Å². The van der Waals surface area contributed by atoms with E-state index in [0.29, 0.717) is 30.3 Å². The van der Waals surface area contributed by atoms with Gasteiger partial charge in [-0.2, -0.15) is 5.10 Å². The lowest BCUT2D eigenvalue weighted by atomic mass is 10.2. The third-order valence-corrected chi connectivity index (χ3v) is 3.01. The monoisotopic (exact) mass is 288 g/mol. The summed E-state index contributed by atoms with van der Waals surface area (Å²) in [6.07, 6.45) is 1.65. The molecular weight excluding hydrogens is 268 g/mol. The number of nitrogens with two attached hydrogens (primary N) is 1. The molecule has 1 aromatic carbocycles. The van der Waals surface area contributed by atoms with Crippen LogP contribution in [0.3, 0.4) is 0 Å². The standard InChI is InChI=1S/C15H20N4O2/c1-4-19-9-11(16)14(18-19)15(20)17-12-7-6-10(3)8-13(12)21-5-2/h6-9H,4-5,16H2,1-3H3,(H,17,20). The van der Waals surface area contributed by atoms with Crippen LogP contribution in [0.4, 0.5) is 11.4 Å².